The van der Waals surface area contributed by atoms with Crippen molar-refractivity contribution in [1.29, 1.82) is 0 Å². The lowest BCUT2D eigenvalue weighted by molar-refractivity contribution is -0.136. The lowest BCUT2D eigenvalue weighted by Crippen LogP contribution is -2.43. The predicted molar refractivity (Wildman–Crippen MR) is 74.9 cm³/mol. The summed E-state index contributed by atoms with van der Waals surface area (Å²) in [6, 6.07) is 1.62. The number of hydrogen-bond acceptors (Lipinski definition) is 3. The van der Waals surface area contributed by atoms with Gasteiger partial charge in [0.15, 0.2) is 0 Å². The summed E-state index contributed by atoms with van der Waals surface area (Å²) in [5, 5.41) is 12.0. The molecule has 2 rings (SSSR count). The molecule has 1 aromatic rings. The number of carboxylic acid groups (broad SMARTS) is 1. The van der Waals surface area contributed by atoms with Crippen molar-refractivity contribution < 1.29 is 14.7 Å². The van der Waals surface area contributed by atoms with Gasteiger partial charge in [-0.15, -0.1) is 0 Å². The first kappa shape index (κ1) is 14.9. The summed E-state index contributed by atoms with van der Waals surface area (Å²) in [6.45, 7) is 1.94. The van der Waals surface area contributed by atoms with Crippen molar-refractivity contribution in [1.82, 2.24) is 15.2 Å². The molecule has 1 unspecified atom stereocenters. The highest BCUT2D eigenvalue weighted by Crippen LogP contribution is 2.19. The van der Waals surface area contributed by atoms with Crippen molar-refractivity contribution in [2.75, 3.05) is 26.2 Å². The van der Waals surface area contributed by atoms with E-state index in [0.29, 0.717) is 23.8 Å². The number of aliphatic carboxylic acids is 1. The molecule has 7 heteroatoms. The van der Waals surface area contributed by atoms with Crippen LogP contribution in [0, 0.1) is 5.92 Å². The highest BCUT2D eigenvalue weighted by molar-refractivity contribution is 6.30. The molecule has 1 aliphatic rings. The maximum atomic E-state index is 12.3. The second kappa shape index (κ2) is 6.76. The Hall–Kier alpha value is -1.53. The van der Waals surface area contributed by atoms with E-state index >= 15 is 0 Å². The highest BCUT2D eigenvalue weighted by atomic mass is 35.5. The van der Waals surface area contributed by atoms with Gasteiger partial charge in [0.2, 0.25) is 0 Å². The van der Waals surface area contributed by atoms with Gasteiger partial charge < -0.3 is 20.3 Å². The lowest BCUT2D eigenvalue weighted by Gasteiger charge is -2.32. The number of nitrogens with one attached hydrogen (secondary N) is 2. The number of carbonyl (C=O) groups excluding carboxylic acids is 1. The molecule has 20 heavy (non-hydrogen) atoms. The zero-order valence-corrected chi connectivity index (χ0v) is 11.8. The van der Waals surface area contributed by atoms with Crippen LogP contribution in [0.3, 0.4) is 0 Å². The van der Waals surface area contributed by atoms with Crippen molar-refractivity contribution in [3.05, 3.63) is 23.0 Å². The van der Waals surface area contributed by atoms with E-state index in [0.717, 1.165) is 19.4 Å². The molecule has 2 heterocycles. The van der Waals surface area contributed by atoms with Gasteiger partial charge in [0.25, 0.3) is 5.91 Å². The summed E-state index contributed by atoms with van der Waals surface area (Å²) >= 11 is 5.80. The van der Waals surface area contributed by atoms with Crippen LogP contribution in [-0.2, 0) is 4.79 Å². The number of piperidine rings is 1. The lowest BCUT2D eigenvalue weighted by atomic mass is 9.97. The average molecular weight is 300 g/mol. The molecule has 1 saturated heterocycles. The van der Waals surface area contributed by atoms with E-state index in [9.17, 15) is 9.59 Å². The molecule has 0 aromatic carbocycles. The van der Waals surface area contributed by atoms with Crippen LogP contribution in [0.15, 0.2) is 12.3 Å². The Morgan fingerprint density at radius 2 is 2.35 bits per heavy atom. The Bertz CT molecular complexity index is 489. The summed E-state index contributed by atoms with van der Waals surface area (Å²) in [4.78, 5) is 27.4. The minimum absolute atomic E-state index is 0.0450. The number of carboxylic acids is 1. The summed E-state index contributed by atoms with van der Waals surface area (Å²) in [7, 11) is 0. The number of aromatic nitrogens is 1. The Morgan fingerprint density at radius 3 is 3.00 bits per heavy atom. The summed E-state index contributed by atoms with van der Waals surface area (Å²) in [5.41, 5.74) is 0.495. The number of carbonyl (C=O) groups is 2. The molecule has 110 valence electrons. The normalized spacial score (nSPS) is 19.1. The maximum Gasteiger partial charge on any atom is 0.317 e. The van der Waals surface area contributed by atoms with Gasteiger partial charge in [-0.1, -0.05) is 11.6 Å². The minimum atomic E-state index is -0.866. The smallest absolute Gasteiger partial charge is 0.317 e. The number of nitrogens with zero attached hydrogens (tertiary/aromatic N) is 1. The minimum Gasteiger partial charge on any atom is -0.480 e. The molecule has 0 saturated carbocycles. The fourth-order valence-corrected chi connectivity index (χ4v) is 2.62. The number of H-pyrrole nitrogens is 1. The van der Waals surface area contributed by atoms with Crippen LogP contribution in [0.25, 0.3) is 0 Å². The van der Waals surface area contributed by atoms with Crippen molar-refractivity contribution in [3.63, 3.8) is 0 Å². The van der Waals surface area contributed by atoms with E-state index in [1.54, 1.807) is 17.2 Å². The highest BCUT2D eigenvalue weighted by Gasteiger charge is 2.25. The fourth-order valence-electron chi connectivity index (χ4n) is 2.46. The van der Waals surface area contributed by atoms with Gasteiger partial charge in [-0.05, 0) is 24.8 Å². The van der Waals surface area contributed by atoms with Crippen LogP contribution in [0.5, 0.6) is 0 Å². The molecule has 1 aliphatic heterocycles. The van der Waals surface area contributed by atoms with Crippen LogP contribution in [0.1, 0.15) is 23.3 Å². The van der Waals surface area contributed by atoms with E-state index in [1.807, 2.05) is 0 Å². The van der Waals surface area contributed by atoms with Gasteiger partial charge in [-0.2, -0.15) is 0 Å². The molecule has 1 fully saturated rings. The van der Waals surface area contributed by atoms with Crippen molar-refractivity contribution in [2.24, 2.45) is 5.92 Å². The number of amides is 1. The van der Waals surface area contributed by atoms with E-state index in [1.165, 1.54) is 0 Å². The summed E-state index contributed by atoms with van der Waals surface area (Å²) < 4.78 is 0. The third kappa shape index (κ3) is 3.98. The summed E-state index contributed by atoms with van der Waals surface area (Å²) in [6.07, 6.45) is 3.52. The van der Waals surface area contributed by atoms with Gasteiger partial charge in [0.05, 0.1) is 11.6 Å². The molecule has 1 amide bonds. The van der Waals surface area contributed by atoms with Gasteiger partial charge in [-0.3, -0.25) is 9.59 Å². The van der Waals surface area contributed by atoms with Crippen LogP contribution < -0.4 is 5.32 Å². The van der Waals surface area contributed by atoms with E-state index < -0.39 is 5.97 Å². The molecular weight excluding hydrogens is 282 g/mol. The van der Waals surface area contributed by atoms with Crippen LogP contribution in [0.2, 0.25) is 5.02 Å². The second-order valence-corrected chi connectivity index (χ2v) is 5.45. The Balaban J connectivity index is 1.86. The van der Waals surface area contributed by atoms with Crippen LogP contribution in [-0.4, -0.2) is 53.0 Å². The molecule has 1 atom stereocenters. The monoisotopic (exact) mass is 299 g/mol. The number of halogens is 1. The molecule has 1 aromatic heterocycles. The Kier molecular flexibility index (Phi) is 5.03. The first-order chi connectivity index (χ1) is 9.56. The molecule has 0 radical (unpaired) electrons. The molecular formula is C13H18ClN3O3. The van der Waals surface area contributed by atoms with Gasteiger partial charge in [0, 0.05) is 25.8 Å². The van der Waals surface area contributed by atoms with Crippen LogP contribution in [0.4, 0.5) is 0 Å². The van der Waals surface area contributed by atoms with E-state index in [4.69, 9.17) is 16.7 Å². The standard InChI is InChI=1S/C13H18ClN3O3/c14-10-4-11(16-6-10)13(20)17-3-1-2-9(8-17)5-15-7-12(18)19/h4,6,9,15-16H,1-3,5,7-8H2,(H,18,19). The molecule has 6 nitrogen and oxygen atoms in total. The quantitative estimate of drug-likeness (QED) is 0.762. The van der Waals surface area contributed by atoms with Gasteiger partial charge >= 0.3 is 5.97 Å². The zero-order chi connectivity index (χ0) is 14.5. The van der Waals surface area contributed by atoms with Gasteiger partial charge in [-0.25, -0.2) is 0 Å². The van der Waals surface area contributed by atoms with Crippen molar-refractivity contribution in [2.45, 2.75) is 12.8 Å². The molecule has 0 bridgehead atoms. The van der Waals surface area contributed by atoms with E-state index in [2.05, 4.69) is 10.3 Å². The second-order valence-electron chi connectivity index (χ2n) is 5.02. The SMILES string of the molecule is O=C(O)CNCC1CCCN(C(=O)c2cc(Cl)c[nH]2)C1. The van der Waals surface area contributed by atoms with Crippen molar-refractivity contribution in [3.8, 4) is 0 Å². The number of aromatic amines is 1. The first-order valence-corrected chi connectivity index (χ1v) is 6.99. The van der Waals surface area contributed by atoms with Crippen molar-refractivity contribution >= 4 is 23.5 Å². The number of likely N-dealkylation sites (tertiary alicyclic amines) is 1. The number of rotatable bonds is 5. The van der Waals surface area contributed by atoms with E-state index in [-0.39, 0.29) is 18.4 Å². The van der Waals surface area contributed by atoms with Crippen LogP contribution >= 0.6 is 11.6 Å². The number of hydrogen-bond donors (Lipinski definition) is 3. The average Bonchev–Trinajstić information content (AvgIpc) is 2.84. The topological polar surface area (TPSA) is 85.4 Å². The Morgan fingerprint density at radius 1 is 1.55 bits per heavy atom. The predicted octanol–water partition coefficient (Wildman–Crippen LogP) is 1.19. The molecule has 0 spiro atoms. The molecule has 0 aliphatic carbocycles. The Labute approximate surface area is 122 Å². The third-order valence-corrected chi connectivity index (χ3v) is 3.61. The zero-order valence-electron chi connectivity index (χ0n) is 11.1. The first-order valence-electron chi connectivity index (χ1n) is 6.62. The largest absolute Gasteiger partial charge is 0.480 e. The fraction of sp³-hybridized carbons (Fsp3) is 0.538. The van der Waals surface area contributed by atoms with Gasteiger partial charge in [0.1, 0.15) is 5.69 Å². The summed E-state index contributed by atoms with van der Waals surface area (Å²) in [5.74, 6) is -0.632. The molecule has 3 N–H and O–H groups in total. The third-order valence-electron chi connectivity index (χ3n) is 3.39. The maximum absolute atomic E-state index is 12.3.